The Labute approximate surface area is 179 Å². The third-order valence-corrected chi connectivity index (χ3v) is 5.28. The second-order valence-corrected chi connectivity index (χ2v) is 7.45. The summed E-state index contributed by atoms with van der Waals surface area (Å²) in [5.74, 6) is -0.851. The first-order valence-corrected chi connectivity index (χ1v) is 9.99. The maximum atomic E-state index is 12.7. The van der Waals surface area contributed by atoms with Crippen LogP contribution < -0.4 is 5.32 Å². The second kappa shape index (κ2) is 9.77. The van der Waals surface area contributed by atoms with E-state index in [9.17, 15) is 14.4 Å². The maximum Gasteiger partial charge on any atom is 0.327 e. The first kappa shape index (κ1) is 21.9. The molecule has 9 heteroatoms. The molecule has 1 N–H and O–H groups in total. The monoisotopic (exact) mass is 433 g/mol. The largest absolute Gasteiger partial charge is 0.468 e. The number of nitrogens with zero attached hydrogens (tertiary/aromatic N) is 2. The van der Waals surface area contributed by atoms with Crippen molar-refractivity contribution in [2.75, 3.05) is 33.3 Å². The smallest absolute Gasteiger partial charge is 0.327 e. The highest BCUT2D eigenvalue weighted by Gasteiger charge is 2.33. The summed E-state index contributed by atoms with van der Waals surface area (Å²) in [6, 6.07) is 8.96. The second-order valence-electron chi connectivity index (χ2n) is 7.01. The summed E-state index contributed by atoms with van der Waals surface area (Å²) in [5.41, 5.74) is 0.744. The first-order valence-electron chi connectivity index (χ1n) is 9.61. The molecule has 30 heavy (non-hydrogen) atoms. The number of carbonyl (C=O) groups is 3. The van der Waals surface area contributed by atoms with Gasteiger partial charge in [0.25, 0.3) is 5.91 Å². The zero-order valence-electron chi connectivity index (χ0n) is 16.8. The van der Waals surface area contributed by atoms with Gasteiger partial charge in [-0.15, -0.1) is 0 Å². The summed E-state index contributed by atoms with van der Waals surface area (Å²) in [6.45, 7) is 3.45. The zero-order chi connectivity index (χ0) is 21.7. The molecule has 160 valence electrons. The van der Waals surface area contributed by atoms with Crippen LogP contribution in [0, 0.1) is 0 Å². The number of methoxy groups -OCH3 is 1. The van der Waals surface area contributed by atoms with Crippen molar-refractivity contribution in [3.63, 3.8) is 0 Å². The van der Waals surface area contributed by atoms with Gasteiger partial charge >= 0.3 is 5.97 Å². The van der Waals surface area contributed by atoms with E-state index in [0.717, 1.165) is 5.56 Å². The van der Waals surface area contributed by atoms with Crippen molar-refractivity contribution in [3.05, 3.63) is 59.0 Å². The molecule has 0 bridgehead atoms. The fraction of sp³-hybridized carbons (Fsp3) is 0.381. The Morgan fingerprint density at radius 3 is 2.47 bits per heavy atom. The van der Waals surface area contributed by atoms with Gasteiger partial charge in [-0.1, -0.05) is 23.7 Å². The van der Waals surface area contributed by atoms with Crippen LogP contribution in [0.25, 0.3) is 0 Å². The summed E-state index contributed by atoms with van der Waals surface area (Å²) in [5, 5.41) is 3.18. The summed E-state index contributed by atoms with van der Waals surface area (Å²) in [6.07, 6.45) is 1.40. The zero-order valence-corrected chi connectivity index (χ0v) is 17.6. The Bertz CT molecular complexity index is 894. The van der Waals surface area contributed by atoms with Crippen LogP contribution in [0.15, 0.2) is 47.1 Å². The van der Waals surface area contributed by atoms with Gasteiger partial charge in [0.05, 0.1) is 13.4 Å². The van der Waals surface area contributed by atoms with Gasteiger partial charge in [-0.2, -0.15) is 0 Å². The molecule has 8 nitrogen and oxygen atoms in total. The van der Waals surface area contributed by atoms with Crippen molar-refractivity contribution in [1.82, 2.24) is 15.1 Å². The molecular formula is C21H24ClN3O5. The molecule has 0 unspecified atom stereocenters. The average Bonchev–Trinajstić information content (AvgIpc) is 3.29. The summed E-state index contributed by atoms with van der Waals surface area (Å²) >= 11 is 6.09. The molecule has 2 aromatic rings. The van der Waals surface area contributed by atoms with E-state index in [2.05, 4.69) is 5.32 Å². The highest BCUT2D eigenvalue weighted by atomic mass is 35.5. The molecule has 1 fully saturated rings. The van der Waals surface area contributed by atoms with E-state index in [0.29, 0.717) is 31.2 Å². The molecule has 1 aromatic carbocycles. The fourth-order valence-corrected chi connectivity index (χ4v) is 3.69. The Morgan fingerprint density at radius 1 is 1.13 bits per heavy atom. The number of nitrogens with one attached hydrogen (secondary N) is 1. The molecule has 1 aliphatic heterocycles. The molecule has 0 radical (unpaired) electrons. The van der Waals surface area contributed by atoms with E-state index in [1.165, 1.54) is 19.4 Å². The molecule has 0 aliphatic carbocycles. The standard InChI is InChI=1S/C21H24ClN3O5/c1-14(23-19(26)17-7-4-12-30-17)20(27)25-10-8-24(9-11-25)18(21(28)29-2)15-5-3-6-16(22)13-15/h3-7,12-14,18H,8-11H2,1-2H3,(H,23,26)/t14-,18+/m1/s1. The lowest BCUT2D eigenvalue weighted by Crippen LogP contribution is -2.55. The van der Waals surface area contributed by atoms with Crippen molar-refractivity contribution < 1.29 is 23.5 Å². The fourth-order valence-electron chi connectivity index (χ4n) is 3.50. The van der Waals surface area contributed by atoms with E-state index in [1.54, 1.807) is 36.1 Å². The minimum Gasteiger partial charge on any atom is -0.468 e. The molecule has 3 rings (SSSR count). The third-order valence-electron chi connectivity index (χ3n) is 5.04. The highest BCUT2D eigenvalue weighted by molar-refractivity contribution is 6.30. The van der Waals surface area contributed by atoms with Crippen molar-refractivity contribution in [3.8, 4) is 0 Å². The van der Waals surface area contributed by atoms with E-state index in [-0.39, 0.29) is 17.6 Å². The Hall–Kier alpha value is -2.84. The van der Waals surface area contributed by atoms with E-state index in [1.807, 2.05) is 11.0 Å². The predicted octanol–water partition coefficient (Wildman–Crippen LogP) is 2.11. The van der Waals surface area contributed by atoms with Crippen molar-refractivity contribution >= 4 is 29.4 Å². The van der Waals surface area contributed by atoms with Gasteiger partial charge in [0.15, 0.2) is 5.76 Å². The Kier molecular flexibility index (Phi) is 7.12. The van der Waals surface area contributed by atoms with Crippen LogP contribution in [0.3, 0.4) is 0 Å². The molecule has 1 saturated heterocycles. The number of halogens is 1. The SMILES string of the molecule is COC(=O)[C@H](c1cccc(Cl)c1)N1CCN(C(=O)[C@@H](C)NC(=O)c2ccco2)CC1. The maximum absolute atomic E-state index is 12.7. The van der Waals surface area contributed by atoms with Gasteiger partial charge in [0.2, 0.25) is 5.91 Å². The van der Waals surface area contributed by atoms with Crippen LogP contribution in [0.2, 0.25) is 5.02 Å². The number of hydrogen-bond donors (Lipinski definition) is 1. The first-order chi connectivity index (χ1) is 14.4. The average molecular weight is 434 g/mol. The molecule has 1 aliphatic rings. The van der Waals surface area contributed by atoms with Gasteiger partial charge in [0, 0.05) is 31.2 Å². The molecule has 0 spiro atoms. The lowest BCUT2D eigenvalue weighted by molar-refractivity contribution is -0.148. The molecule has 0 saturated carbocycles. The summed E-state index contributed by atoms with van der Waals surface area (Å²) in [4.78, 5) is 40.9. The van der Waals surface area contributed by atoms with Crippen molar-refractivity contribution in [2.24, 2.45) is 0 Å². The van der Waals surface area contributed by atoms with Crippen LogP contribution in [0.1, 0.15) is 29.1 Å². The number of esters is 1. The summed E-state index contributed by atoms with van der Waals surface area (Å²) in [7, 11) is 1.35. The molecule has 2 amide bonds. The Morgan fingerprint density at radius 2 is 1.87 bits per heavy atom. The van der Waals surface area contributed by atoms with E-state index >= 15 is 0 Å². The molecule has 2 heterocycles. The highest BCUT2D eigenvalue weighted by Crippen LogP contribution is 2.26. The van der Waals surface area contributed by atoms with Crippen LogP contribution in [0.5, 0.6) is 0 Å². The quantitative estimate of drug-likeness (QED) is 0.701. The van der Waals surface area contributed by atoms with E-state index < -0.39 is 18.0 Å². The number of furan rings is 1. The number of hydrogen-bond acceptors (Lipinski definition) is 6. The number of benzene rings is 1. The topological polar surface area (TPSA) is 92.1 Å². The van der Waals surface area contributed by atoms with Crippen molar-refractivity contribution in [2.45, 2.75) is 19.0 Å². The lowest BCUT2D eigenvalue weighted by atomic mass is 10.0. The van der Waals surface area contributed by atoms with Crippen LogP contribution in [-0.2, 0) is 14.3 Å². The number of rotatable bonds is 6. The number of ether oxygens (including phenoxy) is 1. The van der Waals surface area contributed by atoms with Crippen LogP contribution in [0.4, 0.5) is 0 Å². The van der Waals surface area contributed by atoms with Crippen molar-refractivity contribution in [1.29, 1.82) is 0 Å². The third kappa shape index (κ3) is 5.01. The lowest BCUT2D eigenvalue weighted by Gasteiger charge is -2.39. The van der Waals surface area contributed by atoms with Gasteiger partial charge in [-0.05, 0) is 36.8 Å². The van der Waals surface area contributed by atoms with E-state index in [4.69, 9.17) is 20.8 Å². The predicted molar refractivity (Wildman–Crippen MR) is 110 cm³/mol. The van der Waals surface area contributed by atoms with Crippen LogP contribution >= 0.6 is 11.6 Å². The van der Waals surface area contributed by atoms with Gasteiger partial charge < -0.3 is 19.4 Å². The molecule has 2 atom stereocenters. The number of amides is 2. The normalized spacial score (nSPS) is 16.6. The molecule has 1 aromatic heterocycles. The van der Waals surface area contributed by atoms with Gasteiger partial charge in [-0.25, -0.2) is 4.79 Å². The minimum absolute atomic E-state index is 0.155. The number of carbonyl (C=O) groups excluding carboxylic acids is 3. The Balaban J connectivity index is 1.61. The minimum atomic E-state index is -0.696. The number of piperazine rings is 1. The van der Waals surface area contributed by atoms with Crippen LogP contribution in [-0.4, -0.2) is 66.9 Å². The molecular weight excluding hydrogens is 410 g/mol. The summed E-state index contributed by atoms with van der Waals surface area (Å²) < 4.78 is 10.0. The van der Waals surface area contributed by atoms with Gasteiger partial charge in [0.1, 0.15) is 12.1 Å². The van der Waals surface area contributed by atoms with Gasteiger partial charge in [-0.3, -0.25) is 14.5 Å².